The molecule has 19 heavy (non-hydrogen) atoms. The molecule has 2 aromatic heterocycles. The van der Waals surface area contributed by atoms with Crippen molar-refractivity contribution in [3.8, 4) is 17.1 Å². The zero-order chi connectivity index (χ0) is 13.4. The SMILES string of the molecule is O=C(O)c1cccc(-c2cnn3c(O)ncnc23)c1. The van der Waals surface area contributed by atoms with Crippen LogP contribution in [0.2, 0.25) is 0 Å². The molecule has 2 N–H and O–H groups in total. The van der Waals surface area contributed by atoms with E-state index < -0.39 is 5.97 Å². The number of aromatic hydroxyl groups is 1. The first-order valence-corrected chi connectivity index (χ1v) is 5.38. The van der Waals surface area contributed by atoms with E-state index in [1.54, 1.807) is 12.1 Å². The monoisotopic (exact) mass is 256 g/mol. The standard InChI is InChI=1S/C12H8N4O3/c17-11(18)8-3-1-2-7(4-8)9-5-15-16-10(9)13-6-14-12(16)19/h1-6H,(H,17,18)(H,13,14,19). The van der Waals surface area contributed by atoms with Gasteiger partial charge >= 0.3 is 12.0 Å². The molecule has 0 aliphatic heterocycles. The summed E-state index contributed by atoms with van der Waals surface area (Å²) in [6.07, 6.45) is 2.72. The van der Waals surface area contributed by atoms with Crippen LogP contribution in [0.1, 0.15) is 10.4 Å². The van der Waals surface area contributed by atoms with E-state index in [1.807, 2.05) is 0 Å². The number of carboxylic acid groups (broad SMARTS) is 1. The fourth-order valence-corrected chi connectivity index (χ4v) is 1.83. The van der Waals surface area contributed by atoms with Gasteiger partial charge < -0.3 is 10.2 Å². The third-order valence-electron chi connectivity index (χ3n) is 2.71. The molecule has 0 bridgehead atoms. The van der Waals surface area contributed by atoms with Crippen molar-refractivity contribution in [2.45, 2.75) is 0 Å². The number of hydrogen-bond acceptors (Lipinski definition) is 5. The van der Waals surface area contributed by atoms with Gasteiger partial charge in [0.1, 0.15) is 6.33 Å². The van der Waals surface area contributed by atoms with Gasteiger partial charge in [-0.05, 0) is 17.7 Å². The van der Waals surface area contributed by atoms with Gasteiger partial charge in [-0.2, -0.15) is 14.6 Å². The molecule has 3 aromatic rings. The molecular weight excluding hydrogens is 248 g/mol. The van der Waals surface area contributed by atoms with Crippen molar-refractivity contribution in [1.82, 2.24) is 19.6 Å². The zero-order valence-corrected chi connectivity index (χ0v) is 9.56. The smallest absolute Gasteiger partial charge is 0.335 e. The lowest BCUT2D eigenvalue weighted by Gasteiger charge is -2.01. The van der Waals surface area contributed by atoms with Crippen LogP contribution in [0.5, 0.6) is 6.01 Å². The fourth-order valence-electron chi connectivity index (χ4n) is 1.83. The van der Waals surface area contributed by atoms with Gasteiger partial charge in [0.25, 0.3) is 0 Å². The quantitative estimate of drug-likeness (QED) is 0.714. The van der Waals surface area contributed by atoms with Crippen LogP contribution < -0.4 is 0 Å². The molecule has 0 amide bonds. The maximum absolute atomic E-state index is 11.0. The lowest BCUT2D eigenvalue weighted by atomic mass is 10.1. The Bertz CT molecular complexity index is 781. The molecule has 0 aliphatic rings. The van der Waals surface area contributed by atoms with E-state index in [-0.39, 0.29) is 11.6 Å². The summed E-state index contributed by atoms with van der Waals surface area (Å²) >= 11 is 0. The Labute approximate surface area is 106 Å². The van der Waals surface area contributed by atoms with Crippen molar-refractivity contribution < 1.29 is 15.0 Å². The van der Waals surface area contributed by atoms with E-state index >= 15 is 0 Å². The molecule has 94 valence electrons. The molecule has 2 heterocycles. The molecule has 0 radical (unpaired) electrons. The van der Waals surface area contributed by atoms with Gasteiger partial charge in [-0.1, -0.05) is 12.1 Å². The number of hydrogen-bond donors (Lipinski definition) is 2. The maximum atomic E-state index is 11.0. The van der Waals surface area contributed by atoms with Crippen LogP contribution in [0.15, 0.2) is 36.8 Å². The second-order valence-electron chi connectivity index (χ2n) is 3.85. The van der Waals surface area contributed by atoms with E-state index in [1.165, 1.54) is 29.2 Å². The van der Waals surface area contributed by atoms with Crippen LogP contribution in [-0.2, 0) is 0 Å². The summed E-state index contributed by atoms with van der Waals surface area (Å²) in [5, 5.41) is 22.5. The summed E-state index contributed by atoms with van der Waals surface area (Å²) in [7, 11) is 0. The van der Waals surface area contributed by atoms with Gasteiger partial charge in [0.05, 0.1) is 11.8 Å². The van der Waals surface area contributed by atoms with E-state index in [4.69, 9.17) is 5.11 Å². The van der Waals surface area contributed by atoms with Gasteiger partial charge in [0.15, 0.2) is 5.65 Å². The molecule has 0 aliphatic carbocycles. The minimum Gasteiger partial charge on any atom is -0.479 e. The normalized spacial score (nSPS) is 10.7. The predicted molar refractivity (Wildman–Crippen MR) is 64.8 cm³/mol. The molecule has 7 nitrogen and oxygen atoms in total. The Morgan fingerprint density at radius 1 is 1.26 bits per heavy atom. The van der Waals surface area contributed by atoms with E-state index in [0.29, 0.717) is 16.8 Å². The molecule has 0 spiro atoms. The van der Waals surface area contributed by atoms with Gasteiger partial charge in [0.2, 0.25) is 0 Å². The fraction of sp³-hybridized carbons (Fsp3) is 0. The molecule has 0 saturated heterocycles. The Morgan fingerprint density at radius 3 is 2.89 bits per heavy atom. The van der Waals surface area contributed by atoms with Crippen LogP contribution in [0, 0.1) is 0 Å². The number of benzene rings is 1. The molecule has 1 aromatic carbocycles. The molecule has 0 atom stereocenters. The second-order valence-corrected chi connectivity index (χ2v) is 3.85. The van der Waals surface area contributed by atoms with Crippen molar-refractivity contribution >= 4 is 11.6 Å². The highest BCUT2D eigenvalue weighted by molar-refractivity contribution is 5.90. The zero-order valence-electron chi connectivity index (χ0n) is 9.56. The number of aromatic nitrogens is 4. The minimum atomic E-state index is -1.00. The first kappa shape index (κ1) is 11.1. The van der Waals surface area contributed by atoms with Crippen LogP contribution >= 0.6 is 0 Å². The lowest BCUT2D eigenvalue weighted by molar-refractivity contribution is 0.0697. The summed E-state index contributed by atoms with van der Waals surface area (Å²) in [6.45, 7) is 0. The van der Waals surface area contributed by atoms with Crippen molar-refractivity contribution in [3.63, 3.8) is 0 Å². The number of aromatic carboxylic acids is 1. The van der Waals surface area contributed by atoms with Gasteiger partial charge in [0, 0.05) is 5.56 Å². The number of carbonyl (C=O) groups is 1. The summed E-state index contributed by atoms with van der Waals surface area (Å²) in [5.41, 5.74) is 1.87. The summed E-state index contributed by atoms with van der Waals surface area (Å²) in [6, 6.07) is 6.15. The Hall–Kier alpha value is -2.96. The summed E-state index contributed by atoms with van der Waals surface area (Å²) in [4.78, 5) is 18.6. The second kappa shape index (κ2) is 4.05. The Morgan fingerprint density at radius 2 is 2.11 bits per heavy atom. The minimum absolute atomic E-state index is 0.176. The number of carboxylic acids is 1. The van der Waals surface area contributed by atoms with E-state index in [2.05, 4.69) is 15.1 Å². The molecule has 3 rings (SSSR count). The van der Waals surface area contributed by atoms with Crippen molar-refractivity contribution in [3.05, 3.63) is 42.4 Å². The van der Waals surface area contributed by atoms with E-state index in [9.17, 15) is 9.90 Å². The average molecular weight is 256 g/mol. The van der Waals surface area contributed by atoms with Crippen LogP contribution in [0.4, 0.5) is 0 Å². The first-order valence-electron chi connectivity index (χ1n) is 5.38. The molecular formula is C12H8N4O3. The molecule has 0 unspecified atom stereocenters. The number of nitrogens with zero attached hydrogens (tertiary/aromatic N) is 4. The highest BCUT2D eigenvalue weighted by Gasteiger charge is 2.12. The molecule has 0 fully saturated rings. The van der Waals surface area contributed by atoms with Gasteiger partial charge in [-0.25, -0.2) is 9.78 Å². The van der Waals surface area contributed by atoms with Crippen molar-refractivity contribution in [2.75, 3.05) is 0 Å². The summed E-state index contributed by atoms with van der Waals surface area (Å²) in [5.74, 6) is -1.00. The van der Waals surface area contributed by atoms with Gasteiger partial charge in [-0.3, -0.25) is 0 Å². The third-order valence-corrected chi connectivity index (χ3v) is 2.71. The van der Waals surface area contributed by atoms with Crippen LogP contribution in [-0.4, -0.2) is 35.8 Å². The largest absolute Gasteiger partial charge is 0.479 e. The third kappa shape index (κ3) is 1.77. The molecule has 0 saturated carbocycles. The highest BCUT2D eigenvalue weighted by atomic mass is 16.4. The topological polar surface area (TPSA) is 101 Å². The molecule has 7 heteroatoms. The Kier molecular flexibility index (Phi) is 2.38. The highest BCUT2D eigenvalue weighted by Crippen LogP contribution is 2.25. The van der Waals surface area contributed by atoms with Crippen molar-refractivity contribution in [2.24, 2.45) is 0 Å². The van der Waals surface area contributed by atoms with Gasteiger partial charge in [-0.15, -0.1) is 0 Å². The lowest BCUT2D eigenvalue weighted by Crippen LogP contribution is -1.96. The predicted octanol–water partition coefficient (Wildman–Crippen LogP) is 1.20. The average Bonchev–Trinajstić information content (AvgIpc) is 2.84. The van der Waals surface area contributed by atoms with Crippen LogP contribution in [0.3, 0.4) is 0 Å². The van der Waals surface area contributed by atoms with E-state index in [0.717, 1.165) is 0 Å². The van der Waals surface area contributed by atoms with Crippen LogP contribution in [0.25, 0.3) is 16.8 Å². The summed E-state index contributed by atoms with van der Waals surface area (Å²) < 4.78 is 1.18. The van der Waals surface area contributed by atoms with Crippen molar-refractivity contribution in [1.29, 1.82) is 0 Å². The first-order chi connectivity index (χ1) is 9.16. The number of fused-ring (bicyclic) bond motifs is 1. The number of rotatable bonds is 2. The maximum Gasteiger partial charge on any atom is 0.335 e. The Balaban J connectivity index is 2.22.